The molecule has 158 valence electrons. The van der Waals surface area contributed by atoms with Crippen LogP contribution in [0.25, 0.3) is 0 Å². The Labute approximate surface area is 174 Å². The van der Waals surface area contributed by atoms with Gasteiger partial charge in [-0.05, 0) is 41.8 Å². The third-order valence-corrected chi connectivity index (χ3v) is 5.22. The van der Waals surface area contributed by atoms with Crippen LogP contribution in [-0.2, 0) is 9.53 Å². The Morgan fingerprint density at radius 3 is 1.69 bits per heavy atom. The molecule has 0 spiro atoms. The molecule has 2 aromatic carbocycles. The van der Waals surface area contributed by atoms with Crippen LogP contribution in [0, 0.1) is 0 Å². The monoisotopic (exact) mass is 398 g/mol. The van der Waals surface area contributed by atoms with Crippen molar-refractivity contribution in [1.82, 2.24) is 0 Å². The number of rotatable bonds is 13. The summed E-state index contributed by atoms with van der Waals surface area (Å²) in [6.45, 7) is 2.69. The smallest absolute Gasteiger partial charge is 0.306 e. The standard InChI is InChI=1S/C25H34O4/c1-2-3-4-5-6-7-8-9-18-29-25(28)19-24(20-10-14-22(26)15-11-20)21-12-16-23(27)17-13-21/h10-17,24,26-27H,2-9,18-19H2,1H3. The number of phenols is 2. The van der Waals surface area contributed by atoms with Gasteiger partial charge in [-0.25, -0.2) is 0 Å². The van der Waals surface area contributed by atoms with E-state index in [1.165, 1.54) is 38.5 Å². The second-order valence-electron chi connectivity index (χ2n) is 7.64. The molecular formula is C25H34O4. The van der Waals surface area contributed by atoms with Gasteiger partial charge in [-0.2, -0.15) is 0 Å². The highest BCUT2D eigenvalue weighted by Crippen LogP contribution is 2.30. The molecule has 0 heterocycles. The van der Waals surface area contributed by atoms with Gasteiger partial charge in [0.05, 0.1) is 13.0 Å². The van der Waals surface area contributed by atoms with Gasteiger partial charge in [0.15, 0.2) is 0 Å². The van der Waals surface area contributed by atoms with Crippen LogP contribution in [0.15, 0.2) is 48.5 Å². The lowest BCUT2D eigenvalue weighted by Crippen LogP contribution is -2.12. The third-order valence-electron chi connectivity index (χ3n) is 5.22. The molecule has 0 saturated heterocycles. The summed E-state index contributed by atoms with van der Waals surface area (Å²) < 4.78 is 5.47. The van der Waals surface area contributed by atoms with Crippen LogP contribution in [0.5, 0.6) is 11.5 Å². The van der Waals surface area contributed by atoms with Gasteiger partial charge in [-0.1, -0.05) is 76.1 Å². The van der Waals surface area contributed by atoms with E-state index in [2.05, 4.69) is 6.92 Å². The number of esters is 1. The van der Waals surface area contributed by atoms with E-state index in [1.54, 1.807) is 24.3 Å². The number of aromatic hydroxyl groups is 2. The molecule has 0 fully saturated rings. The molecule has 29 heavy (non-hydrogen) atoms. The topological polar surface area (TPSA) is 66.8 Å². The highest BCUT2D eigenvalue weighted by molar-refractivity contribution is 5.71. The highest BCUT2D eigenvalue weighted by Gasteiger charge is 2.19. The molecule has 0 radical (unpaired) electrons. The molecule has 0 aliphatic rings. The summed E-state index contributed by atoms with van der Waals surface area (Å²) in [4.78, 5) is 12.4. The molecule has 0 aliphatic carbocycles. The highest BCUT2D eigenvalue weighted by atomic mass is 16.5. The molecule has 4 heteroatoms. The van der Waals surface area contributed by atoms with Gasteiger partial charge in [0.25, 0.3) is 0 Å². The lowest BCUT2D eigenvalue weighted by molar-refractivity contribution is -0.144. The number of benzene rings is 2. The second kappa shape index (κ2) is 12.9. The van der Waals surface area contributed by atoms with Crippen LogP contribution >= 0.6 is 0 Å². The van der Waals surface area contributed by atoms with Crippen LogP contribution in [0.1, 0.15) is 81.8 Å². The summed E-state index contributed by atoms with van der Waals surface area (Å²) in [6.07, 6.45) is 9.90. The Balaban J connectivity index is 1.81. The Morgan fingerprint density at radius 2 is 1.21 bits per heavy atom. The van der Waals surface area contributed by atoms with E-state index in [4.69, 9.17) is 4.74 Å². The first-order chi connectivity index (χ1) is 14.1. The summed E-state index contributed by atoms with van der Waals surface area (Å²) in [6, 6.07) is 13.8. The minimum Gasteiger partial charge on any atom is -0.508 e. The summed E-state index contributed by atoms with van der Waals surface area (Å²) in [5.41, 5.74) is 1.86. The zero-order valence-electron chi connectivity index (χ0n) is 17.5. The van der Waals surface area contributed by atoms with E-state index in [-0.39, 0.29) is 29.8 Å². The van der Waals surface area contributed by atoms with E-state index in [0.717, 1.165) is 24.0 Å². The van der Waals surface area contributed by atoms with Crippen molar-refractivity contribution in [2.45, 2.75) is 70.6 Å². The minimum atomic E-state index is -0.223. The number of hydrogen-bond acceptors (Lipinski definition) is 4. The average Bonchev–Trinajstić information content (AvgIpc) is 2.72. The van der Waals surface area contributed by atoms with Crippen LogP contribution in [0.4, 0.5) is 0 Å². The number of carbonyl (C=O) groups is 1. The van der Waals surface area contributed by atoms with Gasteiger partial charge in [0.2, 0.25) is 0 Å². The van der Waals surface area contributed by atoms with E-state index >= 15 is 0 Å². The number of carbonyl (C=O) groups excluding carboxylic acids is 1. The zero-order chi connectivity index (χ0) is 20.9. The molecule has 0 aromatic heterocycles. The Morgan fingerprint density at radius 1 is 0.759 bits per heavy atom. The van der Waals surface area contributed by atoms with E-state index in [1.807, 2.05) is 24.3 Å². The fourth-order valence-corrected chi connectivity index (χ4v) is 3.49. The zero-order valence-corrected chi connectivity index (χ0v) is 17.5. The maximum absolute atomic E-state index is 12.4. The molecule has 0 atom stereocenters. The molecule has 0 saturated carbocycles. The summed E-state index contributed by atoms with van der Waals surface area (Å²) in [5, 5.41) is 19.1. The van der Waals surface area contributed by atoms with Crippen LogP contribution in [0.2, 0.25) is 0 Å². The van der Waals surface area contributed by atoms with Gasteiger partial charge in [0, 0.05) is 5.92 Å². The van der Waals surface area contributed by atoms with Gasteiger partial charge in [-0.15, -0.1) is 0 Å². The lowest BCUT2D eigenvalue weighted by Gasteiger charge is -2.18. The van der Waals surface area contributed by atoms with Crippen LogP contribution in [0.3, 0.4) is 0 Å². The van der Waals surface area contributed by atoms with Crippen molar-refractivity contribution in [2.24, 2.45) is 0 Å². The second-order valence-corrected chi connectivity index (χ2v) is 7.64. The maximum atomic E-state index is 12.4. The van der Waals surface area contributed by atoms with Crippen molar-refractivity contribution in [2.75, 3.05) is 6.61 Å². The largest absolute Gasteiger partial charge is 0.508 e. The summed E-state index contributed by atoms with van der Waals surface area (Å²) in [7, 11) is 0. The van der Waals surface area contributed by atoms with Crippen molar-refractivity contribution < 1.29 is 19.7 Å². The normalized spacial score (nSPS) is 11.0. The van der Waals surface area contributed by atoms with E-state index < -0.39 is 0 Å². The Kier molecular flexibility index (Phi) is 10.1. The number of ether oxygens (including phenoxy) is 1. The van der Waals surface area contributed by atoms with Crippen molar-refractivity contribution in [3.8, 4) is 11.5 Å². The predicted molar refractivity (Wildman–Crippen MR) is 116 cm³/mol. The van der Waals surface area contributed by atoms with Crippen molar-refractivity contribution in [1.29, 1.82) is 0 Å². The van der Waals surface area contributed by atoms with Crippen molar-refractivity contribution in [3.63, 3.8) is 0 Å². The first-order valence-electron chi connectivity index (χ1n) is 10.8. The van der Waals surface area contributed by atoms with Crippen molar-refractivity contribution >= 4 is 5.97 Å². The maximum Gasteiger partial charge on any atom is 0.306 e. The van der Waals surface area contributed by atoms with E-state index in [9.17, 15) is 15.0 Å². The third kappa shape index (κ3) is 8.59. The molecule has 2 rings (SSSR count). The molecule has 0 amide bonds. The minimum absolute atomic E-state index is 0.178. The van der Waals surface area contributed by atoms with E-state index in [0.29, 0.717) is 6.61 Å². The Bertz CT molecular complexity index is 661. The Hall–Kier alpha value is -2.49. The van der Waals surface area contributed by atoms with Crippen molar-refractivity contribution in [3.05, 3.63) is 59.7 Å². The van der Waals surface area contributed by atoms with Gasteiger partial charge in [-0.3, -0.25) is 4.79 Å². The van der Waals surface area contributed by atoms with Gasteiger partial charge >= 0.3 is 5.97 Å². The molecular weight excluding hydrogens is 364 g/mol. The predicted octanol–water partition coefficient (Wildman–Crippen LogP) is 6.30. The summed E-state index contributed by atoms with van der Waals surface area (Å²) in [5.74, 6) is -0.0210. The molecule has 2 aromatic rings. The molecule has 0 bridgehead atoms. The average molecular weight is 399 g/mol. The number of hydrogen-bond donors (Lipinski definition) is 2. The SMILES string of the molecule is CCCCCCCCCCOC(=O)CC(c1ccc(O)cc1)c1ccc(O)cc1. The fourth-order valence-electron chi connectivity index (χ4n) is 3.49. The number of phenolic OH excluding ortho intramolecular Hbond substituents is 2. The molecule has 0 aliphatic heterocycles. The van der Waals surface area contributed by atoms with Gasteiger partial charge in [0.1, 0.15) is 11.5 Å². The molecule has 0 unspecified atom stereocenters. The van der Waals surface area contributed by atoms with Gasteiger partial charge < -0.3 is 14.9 Å². The molecule has 2 N–H and O–H groups in total. The van der Waals surface area contributed by atoms with Crippen LogP contribution in [-0.4, -0.2) is 22.8 Å². The first-order valence-corrected chi connectivity index (χ1v) is 10.8. The molecule has 4 nitrogen and oxygen atoms in total. The summed E-state index contributed by atoms with van der Waals surface area (Å²) >= 11 is 0. The fraction of sp³-hybridized carbons (Fsp3) is 0.480. The quantitative estimate of drug-likeness (QED) is 0.307. The van der Waals surface area contributed by atoms with Crippen LogP contribution < -0.4 is 0 Å². The first kappa shape index (κ1) is 22.8. The lowest BCUT2D eigenvalue weighted by atomic mass is 9.88. The number of unbranched alkanes of at least 4 members (excludes halogenated alkanes) is 7.